The van der Waals surface area contributed by atoms with Crippen LogP contribution in [0, 0.1) is 6.92 Å². The third-order valence-corrected chi connectivity index (χ3v) is 2.75. The lowest BCUT2D eigenvalue weighted by Crippen LogP contribution is -2.35. The second kappa shape index (κ2) is 5.87. The Hall–Kier alpha value is -1.55. The van der Waals surface area contributed by atoms with Crippen LogP contribution in [0.25, 0.3) is 0 Å². The Morgan fingerprint density at radius 3 is 2.44 bits per heavy atom. The number of hydrogen-bond donors (Lipinski definition) is 1. The first-order valence-corrected chi connectivity index (χ1v) is 6.07. The molecule has 0 aromatic heterocycles. The van der Waals surface area contributed by atoms with Gasteiger partial charge >= 0.3 is 0 Å². The van der Waals surface area contributed by atoms with E-state index in [1.165, 1.54) is 4.90 Å². The third-order valence-electron chi connectivity index (χ3n) is 2.75. The van der Waals surface area contributed by atoms with Crippen LogP contribution in [0.5, 0.6) is 5.75 Å². The van der Waals surface area contributed by atoms with Crippen LogP contribution in [0.3, 0.4) is 0 Å². The largest absolute Gasteiger partial charge is 0.481 e. The summed E-state index contributed by atoms with van der Waals surface area (Å²) in [5.41, 5.74) is 7.97. The molecule has 0 aliphatic carbocycles. The molecule has 0 saturated carbocycles. The number of hydrogen-bond acceptors (Lipinski definition) is 3. The molecule has 0 fully saturated rings. The molecule has 4 nitrogen and oxygen atoms in total. The first kappa shape index (κ1) is 14.5. The maximum atomic E-state index is 11.8. The zero-order chi connectivity index (χ0) is 13.9. The fourth-order valence-corrected chi connectivity index (χ4v) is 1.74. The number of nitrogens with zero attached hydrogens (tertiary/aromatic N) is 1. The number of carbonyl (C=O) groups is 1. The van der Waals surface area contributed by atoms with Crippen molar-refractivity contribution in [3.8, 4) is 5.75 Å². The van der Waals surface area contributed by atoms with E-state index in [2.05, 4.69) is 0 Å². The number of carbonyl (C=O) groups excluding carboxylic acids is 1. The lowest BCUT2D eigenvalue weighted by Gasteiger charge is -2.21. The highest BCUT2D eigenvalue weighted by Gasteiger charge is 2.18. The SMILES string of the molecule is Cc1ccc(OC(C)C(=O)N(C)C)c([C@H](C)N)c1. The van der Waals surface area contributed by atoms with Crippen molar-refractivity contribution in [3.63, 3.8) is 0 Å². The van der Waals surface area contributed by atoms with E-state index in [0.717, 1.165) is 11.1 Å². The molecule has 0 radical (unpaired) electrons. The minimum absolute atomic E-state index is 0.0637. The highest BCUT2D eigenvalue weighted by Crippen LogP contribution is 2.26. The van der Waals surface area contributed by atoms with Gasteiger partial charge in [-0.2, -0.15) is 0 Å². The van der Waals surface area contributed by atoms with E-state index >= 15 is 0 Å². The molecule has 0 saturated heterocycles. The molecule has 1 rings (SSSR count). The number of likely N-dealkylation sites (N-methyl/N-ethyl adjacent to an activating group) is 1. The molecular weight excluding hydrogens is 228 g/mol. The molecule has 1 amide bonds. The summed E-state index contributed by atoms with van der Waals surface area (Å²) in [6.45, 7) is 5.65. The minimum atomic E-state index is -0.514. The summed E-state index contributed by atoms with van der Waals surface area (Å²) in [4.78, 5) is 13.3. The van der Waals surface area contributed by atoms with Crippen molar-refractivity contribution < 1.29 is 9.53 Å². The van der Waals surface area contributed by atoms with Crippen LogP contribution >= 0.6 is 0 Å². The van der Waals surface area contributed by atoms with Crippen LogP contribution < -0.4 is 10.5 Å². The van der Waals surface area contributed by atoms with Gasteiger partial charge in [-0.15, -0.1) is 0 Å². The zero-order valence-electron chi connectivity index (χ0n) is 11.7. The number of aryl methyl sites for hydroxylation is 1. The topological polar surface area (TPSA) is 55.6 Å². The van der Waals surface area contributed by atoms with Crippen LogP contribution in [0.2, 0.25) is 0 Å². The molecule has 0 aliphatic heterocycles. The van der Waals surface area contributed by atoms with Crippen LogP contribution in [-0.4, -0.2) is 31.0 Å². The first-order valence-electron chi connectivity index (χ1n) is 6.07. The number of nitrogens with two attached hydrogens (primary N) is 1. The second-order valence-electron chi connectivity index (χ2n) is 4.82. The molecule has 100 valence electrons. The Kier molecular flexibility index (Phi) is 4.73. The standard InChI is InChI=1S/C14H22N2O2/c1-9-6-7-13(12(8-9)10(2)15)18-11(3)14(17)16(4)5/h6-8,10-11H,15H2,1-5H3/t10-,11?/m0/s1. The van der Waals surface area contributed by atoms with Crippen LogP contribution in [0.4, 0.5) is 0 Å². The summed E-state index contributed by atoms with van der Waals surface area (Å²) >= 11 is 0. The number of amides is 1. The molecule has 4 heteroatoms. The first-order chi connectivity index (χ1) is 8.32. The van der Waals surface area contributed by atoms with Gasteiger partial charge in [-0.1, -0.05) is 17.7 Å². The molecule has 0 heterocycles. The van der Waals surface area contributed by atoms with Gasteiger partial charge in [0.2, 0.25) is 0 Å². The van der Waals surface area contributed by atoms with E-state index in [1.807, 2.05) is 32.0 Å². The normalized spacial score (nSPS) is 13.9. The number of benzene rings is 1. The summed E-state index contributed by atoms with van der Waals surface area (Å²) in [5, 5.41) is 0. The molecule has 0 spiro atoms. The predicted octanol–water partition coefficient (Wildman–Crippen LogP) is 1.87. The number of ether oxygens (including phenoxy) is 1. The summed E-state index contributed by atoms with van der Waals surface area (Å²) in [5.74, 6) is 0.615. The molecule has 0 bridgehead atoms. The second-order valence-corrected chi connectivity index (χ2v) is 4.82. The van der Waals surface area contributed by atoms with Crippen LogP contribution in [-0.2, 0) is 4.79 Å². The smallest absolute Gasteiger partial charge is 0.262 e. The molecular formula is C14H22N2O2. The lowest BCUT2D eigenvalue weighted by atomic mass is 10.1. The average Bonchev–Trinajstić information content (AvgIpc) is 2.29. The van der Waals surface area contributed by atoms with E-state index in [1.54, 1.807) is 21.0 Å². The lowest BCUT2D eigenvalue weighted by molar-refractivity contribution is -0.135. The summed E-state index contributed by atoms with van der Waals surface area (Å²) in [6, 6.07) is 5.69. The maximum Gasteiger partial charge on any atom is 0.262 e. The van der Waals surface area contributed by atoms with Crippen molar-refractivity contribution in [1.29, 1.82) is 0 Å². The van der Waals surface area contributed by atoms with Gasteiger partial charge in [-0.25, -0.2) is 0 Å². The Morgan fingerprint density at radius 1 is 1.33 bits per heavy atom. The zero-order valence-corrected chi connectivity index (χ0v) is 11.7. The van der Waals surface area contributed by atoms with E-state index in [4.69, 9.17) is 10.5 Å². The fourth-order valence-electron chi connectivity index (χ4n) is 1.74. The molecule has 18 heavy (non-hydrogen) atoms. The quantitative estimate of drug-likeness (QED) is 0.887. The Morgan fingerprint density at radius 2 is 1.94 bits per heavy atom. The molecule has 2 atom stereocenters. The molecule has 1 unspecified atom stereocenters. The third kappa shape index (κ3) is 3.47. The van der Waals surface area contributed by atoms with Crippen molar-refractivity contribution in [1.82, 2.24) is 4.90 Å². The van der Waals surface area contributed by atoms with Gasteiger partial charge in [0.15, 0.2) is 6.10 Å². The van der Waals surface area contributed by atoms with Gasteiger partial charge in [-0.3, -0.25) is 4.79 Å². The monoisotopic (exact) mass is 250 g/mol. The van der Waals surface area contributed by atoms with Crippen LogP contribution in [0.1, 0.15) is 31.0 Å². The molecule has 2 N–H and O–H groups in total. The fraction of sp³-hybridized carbons (Fsp3) is 0.500. The molecule has 1 aromatic rings. The number of rotatable bonds is 4. The minimum Gasteiger partial charge on any atom is -0.481 e. The Balaban J connectivity index is 2.94. The van der Waals surface area contributed by atoms with Gasteiger partial charge < -0.3 is 15.4 Å². The van der Waals surface area contributed by atoms with Gasteiger partial charge in [0, 0.05) is 25.7 Å². The summed E-state index contributed by atoms with van der Waals surface area (Å²) in [6.07, 6.45) is -0.514. The van der Waals surface area contributed by atoms with Crippen molar-refractivity contribution in [2.45, 2.75) is 32.9 Å². The molecule has 0 aliphatic rings. The highest BCUT2D eigenvalue weighted by molar-refractivity contribution is 5.80. The van der Waals surface area contributed by atoms with Crippen molar-refractivity contribution in [2.24, 2.45) is 5.73 Å². The van der Waals surface area contributed by atoms with Crippen LogP contribution in [0.15, 0.2) is 18.2 Å². The molecule has 1 aromatic carbocycles. The van der Waals surface area contributed by atoms with Crippen molar-refractivity contribution in [2.75, 3.05) is 14.1 Å². The van der Waals surface area contributed by atoms with E-state index in [9.17, 15) is 4.79 Å². The van der Waals surface area contributed by atoms with Gasteiger partial charge in [-0.05, 0) is 26.8 Å². The maximum absolute atomic E-state index is 11.8. The Labute approximate surface area is 109 Å². The Bertz CT molecular complexity index is 428. The summed E-state index contributed by atoms with van der Waals surface area (Å²) in [7, 11) is 3.42. The van der Waals surface area contributed by atoms with Gasteiger partial charge in [0.1, 0.15) is 5.75 Å². The predicted molar refractivity (Wildman–Crippen MR) is 72.6 cm³/mol. The van der Waals surface area contributed by atoms with Crippen molar-refractivity contribution in [3.05, 3.63) is 29.3 Å². The van der Waals surface area contributed by atoms with E-state index in [0.29, 0.717) is 5.75 Å². The average molecular weight is 250 g/mol. The summed E-state index contributed by atoms with van der Waals surface area (Å²) < 4.78 is 5.71. The van der Waals surface area contributed by atoms with Gasteiger partial charge in [0.05, 0.1) is 0 Å². The van der Waals surface area contributed by atoms with E-state index in [-0.39, 0.29) is 11.9 Å². The highest BCUT2D eigenvalue weighted by atomic mass is 16.5. The van der Waals surface area contributed by atoms with Gasteiger partial charge in [0.25, 0.3) is 5.91 Å². The van der Waals surface area contributed by atoms with Crippen molar-refractivity contribution >= 4 is 5.91 Å². The van der Waals surface area contributed by atoms with E-state index < -0.39 is 6.10 Å².